The molecule has 0 saturated heterocycles. The molecule has 0 N–H and O–H groups in total. The van der Waals surface area contributed by atoms with E-state index in [4.69, 9.17) is 0 Å². The van der Waals surface area contributed by atoms with E-state index < -0.39 is 0 Å². The van der Waals surface area contributed by atoms with Crippen molar-refractivity contribution in [3.05, 3.63) is 277 Å². The maximum absolute atomic E-state index is 2.32. The standard InChI is InChI=1S/C64H50N2/c1-47-13-35-59(36-14-47)65(63-43-31-57(32-44-63)55-27-23-53(24-28-55)51-9-5-3-6-10-51)61-39-19-49(20-40-61)17-18-50-21-41-62(42-22-50)66(60-37-15-48(2)16-38-60)64-45-33-58(34-46-64)56-29-25-54(26-30-56)52-11-7-4-8-12-52/h3-46H,1-2H3/b18-17+. The van der Waals surface area contributed by atoms with E-state index in [1.807, 2.05) is 0 Å². The van der Waals surface area contributed by atoms with Gasteiger partial charge in [0, 0.05) is 34.1 Å². The average Bonchev–Trinajstić information content (AvgIpc) is 3.39. The van der Waals surface area contributed by atoms with Gasteiger partial charge in [-0.2, -0.15) is 0 Å². The molecule has 0 atom stereocenters. The van der Waals surface area contributed by atoms with E-state index in [1.54, 1.807) is 0 Å². The van der Waals surface area contributed by atoms with Crippen molar-refractivity contribution in [3.8, 4) is 44.5 Å². The van der Waals surface area contributed by atoms with Crippen LogP contribution >= 0.6 is 0 Å². The van der Waals surface area contributed by atoms with Crippen molar-refractivity contribution in [2.75, 3.05) is 9.80 Å². The van der Waals surface area contributed by atoms with Crippen LogP contribution in [0.2, 0.25) is 0 Å². The van der Waals surface area contributed by atoms with Gasteiger partial charge in [0.1, 0.15) is 0 Å². The maximum Gasteiger partial charge on any atom is 0.0462 e. The molecule has 0 aliphatic heterocycles. The van der Waals surface area contributed by atoms with Crippen LogP contribution in [-0.2, 0) is 0 Å². The van der Waals surface area contributed by atoms with Crippen LogP contribution < -0.4 is 9.80 Å². The van der Waals surface area contributed by atoms with Crippen LogP contribution in [0.25, 0.3) is 56.7 Å². The fourth-order valence-electron chi connectivity index (χ4n) is 8.52. The molecular weight excluding hydrogens is 797 g/mol. The second-order valence-corrected chi connectivity index (χ2v) is 16.8. The van der Waals surface area contributed by atoms with Crippen LogP contribution in [0, 0.1) is 13.8 Å². The molecule has 0 spiro atoms. The first kappa shape index (κ1) is 41.5. The van der Waals surface area contributed by atoms with Crippen molar-refractivity contribution in [2.24, 2.45) is 0 Å². The maximum atomic E-state index is 2.32. The van der Waals surface area contributed by atoms with Crippen molar-refractivity contribution < 1.29 is 0 Å². The minimum absolute atomic E-state index is 1.10. The number of rotatable bonds is 12. The fourth-order valence-corrected chi connectivity index (χ4v) is 8.52. The van der Waals surface area contributed by atoms with E-state index in [0.717, 1.165) is 45.3 Å². The quantitative estimate of drug-likeness (QED) is 0.113. The summed E-state index contributed by atoms with van der Waals surface area (Å²) in [5, 5.41) is 0. The Hall–Kier alpha value is -8.46. The molecule has 2 nitrogen and oxygen atoms in total. The van der Waals surface area contributed by atoms with Gasteiger partial charge in [-0.15, -0.1) is 0 Å². The number of nitrogens with zero attached hydrogens (tertiary/aromatic N) is 2. The van der Waals surface area contributed by atoms with Gasteiger partial charge in [-0.05, 0) is 142 Å². The highest BCUT2D eigenvalue weighted by molar-refractivity contribution is 5.82. The number of aryl methyl sites for hydroxylation is 2. The first-order valence-corrected chi connectivity index (χ1v) is 22.6. The lowest BCUT2D eigenvalue weighted by Gasteiger charge is -2.26. The second kappa shape index (κ2) is 19.1. The SMILES string of the molecule is Cc1ccc(N(c2ccc(/C=C/c3ccc(N(c4ccc(C)cc4)c4ccc(-c5ccc(-c6ccccc6)cc5)cc4)cc3)cc2)c2ccc(-c3ccc(-c4ccccc4)cc3)cc2)cc1. The zero-order valence-electron chi connectivity index (χ0n) is 37.3. The molecule has 10 aromatic carbocycles. The first-order valence-electron chi connectivity index (χ1n) is 22.6. The monoisotopic (exact) mass is 846 g/mol. The zero-order chi connectivity index (χ0) is 44.7. The van der Waals surface area contributed by atoms with E-state index in [1.165, 1.54) is 55.6 Å². The summed E-state index contributed by atoms with van der Waals surface area (Å²) in [6.07, 6.45) is 4.38. The Morgan fingerprint density at radius 1 is 0.212 bits per heavy atom. The zero-order valence-corrected chi connectivity index (χ0v) is 37.3. The number of benzene rings is 10. The van der Waals surface area contributed by atoms with Gasteiger partial charge in [0.05, 0.1) is 0 Å². The van der Waals surface area contributed by atoms with Gasteiger partial charge >= 0.3 is 0 Å². The smallest absolute Gasteiger partial charge is 0.0462 e. The van der Waals surface area contributed by atoms with Gasteiger partial charge in [0.25, 0.3) is 0 Å². The Morgan fingerprint density at radius 3 is 0.667 bits per heavy atom. The minimum atomic E-state index is 1.10. The summed E-state index contributed by atoms with van der Waals surface area (Å²) < 4.78 is 0. The van der Waals surface area contributed by atoms with E-state index in [-0.39, 0.29) is 0 Å². The van der Waals surface area contributed by atoms with Gasteiger partial charge in [0.2, 0.25) is 0 Å². The largest absolute Gasteiger partial charge is 0.311 e. The number of anilines is 6. The Bertz CT molecular complexity index is 2930. The van der Waals surface area contributed by atoms with Crippen molar-refractivity contribution in [1.82, 2.24) is 0 Å². The van der Waals surface area contributed by atoms with E-state index >= 15 is 0 Å². The van der Waals surface area contributed by atoms with Gasteiger partial charge in [-0.3, -0.25) is 0 Å². The van der Waals surface area contributed by atoms with Crippen molar-refractivity contribution in [2.45, 2.75) is 13.8 Å². The molecule has 66 heavy (non-hydrogen) atoms. The highest BCUT2D eigenvalue weighted by Gasteiger charge is 2.15. The summed E-state index contributed by atoms with van der Waals surface area (Å²) in [6, 6.07) is 91.6. The summed E-state index contributed by atoms with van der Waals surface area (Å²) in [5.41, 5.74) is 21.1. The average molecular weight is 847 g/mol. The van der Waals surface area contributed by atoms with Gasteiger partial charge in [-0.1, -0.05) is 205 Å². The third kappa shape index (κ3) is 9.40. The van der Waals surface area contributed by atoms with Crippen LogP contribution in [0.15, 0.2) is 255 Å². The fraction of sp³-hybridized carbons (Fsp3) is 0.0312. The van der Waals surface area contributed by atoms with E-state index in [9.17, 15) is 0 Å². The molecule has 0 saturated carbocycles. The lowest BCUT2D eigenvalue weighted by molar-refractivity contribution is 1.27. The van der Waals surface area contributed by atoms with Crippen LogP contribution in [0.5, 0.6) is 0 Å². The molecule has 316 valence electrons. The molecule has 0 aliphatic rings. The topological polar surface area (TPSA) is 6.48 Å². The lowest BCUT2D eigenvalue weighted by atomic mass is 10.00. The third-order valence-corrected chi connectivity index (χ3v) is 12.3. The highest BCUT2D eigenvalue weighted by atomic mass is 15.1. The van der Waals surface area contributed by atoms with Crippen LogP contribution in [-0.4, -0.2) is 0 Å². The predicted octanol–water partition coefficient (Wildman–Crippen LogP) is 18.1. The molecular formula is C64H50N2. The molecule has 10 aromatic rings. The van der Waals surface area contributed by atoms with Crippen LogP contribution in [0.1, 0.15) is 22.3 Å². The molecule has 0 bridgehead atoms. The van der Waals surface area contributed by atoms with E-state index in [2.05, 4.69) is 291 Å². The normalized spacial score (nSPS) is 11.1. The lowest BCUT2D eigenvalue weighted by Crippen LogP contribution is -2.09. The Kier molecular flexibility index (Phi) is 12.0. The first-order chi connectivity index (χ1) is 32.5. The van der Waals surface area contributed by atoms with Crippen molar-refractivity contribution in [3.63, 3.8) is 0 Å². The molecule has 0 heterocycles. The Morgan fingerprint density at radius 2 is 0.409 bits per heavy atom. The van der Waals surface area contributed by atoms with Gasteiger partial charge in [0.15, 0.2) is 0 Å². The summed E-state index contributed by atoms with van der Waals surface area (Å²) in [5.74, 6) is 0. The van der Waals surface area contributed by atoms with Crippen molar-refractivity contribution in [1.29, 1.82) is 0 Å². The summed E-state index contributed by atoms with van der Waals surface area (Å²) in [7, 11) is 0. The molecule has 0 radical (unpaired) electrons. The predicted molar refractivity (Wildman–Crippen MR) is 282 cm³/mol. The molecule has 0 aromatic heterocycles. The minimum Gasteiger partial charge on any atom is -0.311 e. The summed E-state index contributed by atoms with van der Waals surface area (Å²) in [4.78, 5) is 4.65. The molecule has 10 rings (SSSR count). The molecule has 0 aliphatic carbocycles. The van der Waals surface area contributed by atoms with Gasteiger partial charge in [-0.25, -0.2) is 0 Å². The number of hydrogen-bond acceptors (Lipinski definition) is 2. The Labute approximate surface area is 389 Å². The summed E-state index contributed by atoms with van der Waals surface area (Å²) >= 11 is 0. The van der Waals surface area contributed by atoms with Crippen molar-refractivity contribution >= 4 is 46.3 Å². The number of hydrogen-bond donors (Lipinski definition) is 0. The molecule has 0 fully saturated rings. The molecule has 0 amide bonds. The van der Waals surface area contributed by atoms with Gasteiger partial charge < -0.3 is 9.80 Å². The highest BCUT2D eigenvalue weighted by Crippen LogP contribution is 2.38. The summed E-state index contributed by atoms with van der Waals surface area (Å²) in [6.45, 7) is 4.26. The second-order valence-electron chi connectivity index (χ2n) is 16.8. The van der Waals surface area contributed by atoms with E-state index in [0.29, 0.717) is 0 Å². The molecule has 0 unspecified atom stereocenters. The molecule has 2 heteroatoms. The van der Waals surface area contributed by atoms with Crippen LogP contribution in [0.4, 0.5) is 34.1 Å². The Balaban J connectivity index is 0.859. The van der Waals surface area contributed by atoms with Crippen LogP contribution in [0.3, 0.4) is 0 Å². The third-order valence-electron chi connectivity index (χ3n) is 12.3.